The molecule has 0 atom stereocenters. The van der Waals surface area contributed by atoms with Crippen molar-refractivity contribution in [3.05, 3.63) is 65.6 Å². The van der Waals surface area contributed by atoms with Gasteiger partial charge in [0.15, 0.2) is 5.96 Å². The van der Waals surface area contributed by atoms with Crippen LogP contribution < -0.4 is 15.4 Å². The van der Waals surface area contributed by atoms with E-state index >= 15 is 0 Å². The van der Waals surface area contributed by atoms with Crippen LogP contribution in [0.3, 0.4) is 0 Å². The van der Waals surface area contributed by atoms with Crippen molar-refractivity contribution in [3.8, 4) is 5.75 Å². The van der Waals surface area contributed by atoms with Gasteiger partial charge in [-0.1, -0.05) is 24.3 Å². The fourth-order valence-electron chi connectivity index (χ4n) is 2.88. The average Bonchev–Trinajstić information content (AvgIpc) is 3.09. The Balaban J connectivity index is 0.00000261. The van der Waals surface area contributed by atoms with Crippen LogP contribution in [0.1, 0.15) is 16.8 Å². The minimum absolute atomic E-state index is 0. The second kappa shape index (κ2) is 10.1. The first-order chi connectivity index (χ1) is 12.7. The van der Waals surface area contributed by atoms with Crippen LogP contribution in [-0.4, -0.2) is 36.0 Å². The van der Waals surface area contributed by atoms with Crippen molar-refractivity contribution in [1.29, 1.82) is 0 Å². The largest absolute Gasteiger partial charge is 0.496 e. The molecule has 2 N–H and O–H groups in total. The van der Waals surface area contributed by atoms with Crippen molar-refractivity contribution in [2.24, 2.45) is 4.99 Å². The van der Waals surface area contributed by atoms with E-state index in [-0.39, 0.29) is 24.0 Å². The van der Waals surface area contributed by atoms with Gasteiger partial charge in [0.05, 0.1) is 12.8 Å². The minimum atomic E-state index is 0. The number of methoxy groups -OCH3 is 1. The van der Waals surface area contributed by atoms with E-state index in [9.17, 15) is 0 Å². The highest BCUT2D eigenvalue weighted by Crippen LogP contribution is 2.16. The van der Waals surface area contributed by atoms with E-state index < -0.39 is 0 Å². The molecule has 27 heavy (non-hydrogen) atoms. The Morgan fingerprint density at radius 2 is 2.00 bits per heavy atom. The third kappa shape index (κ3) is 5.35. The van der Waals surface area contributed by atoms with E-state index in [4.69, 9.17) is 9.72 Å². The second-order valence-electron chi connectivity index (χ2n) is 6.07. The van der Waals surface area contributed by atoms with Crippen LogP contribution in [0.25, 0.3) is 5.65 Å². The Morgan fingerprint density at radius 3 is 2.74 bits per heavy atom. The summed E-state index contributed by atoms with van der Waals surface area (Å²) in [7, 11) is 3.45. The lowest BCUT2D eigenvalue weighted by molar-refractivity contribution is 0.409. The number of nitrogens with one attached hydrogen (secondary N) is 2. The van der Waals surface area contributed by atoms with Gasteiger partial charge >= 0.3 is 0 Å². The SMILES string of the molecule is CN=C(NCCc1cn2cccc(C)c2n1)NCc1ccccc1OC.I. The summed E-state index contributed by atoms with van der Waals surface area (Å²) in [5.74, 6) is 1.63. The van der Waals surface area contributed by atoms with Crippen molar-refractivity contribution in [2.45, 2.75) is 19.9 Å². The summed E-state index contributed by atoms with van der Waals surface area (Å²) < 4.78 is 7.45. The molecular weight excluding hydrogens is 453 g/mol. The number of aromatic nitrogens is 2. The number of ether oxygens (including phenoxy) is 1. The lowest BCUT2D eigenvalue weighted by Crippen LogP contribution is -2.37. The van der Waals surface area contributed by atoms with E-state index in [1.165, 1.54) is 5.56 Å². The molecule has 0 unspecified atom stereocenters. The predicted octanol–water partition coefficient (Wildman–Crippen LogP) is 3.18. The van der Waals surface area contributed by atoms with Gasteiger partial charge in [0.1, 0.15) is 11.4 Å². The van der Waals surface area contributed by atoms with Crippen molar-refractivity contribution in [1.82, 2.24) is 20.0 Å². The lowest BCUT2D eigenvalue weighted by Gasteiger charge is -2.13. The molecule has 2 heterocycles. The Bertz CT molecular complexity index is 906. The standard InChI is InChI=1S/C20H25N5O.HI/c1-15-7-6-12-25-14-17(24-19(15)25)10-11-22-20(21-2)23-13-16-8-4-5-9-18(16)26-3;/h4-9,12,14H,10-11,13H2,1-3H3,(H2,21,22,23);1H. The molecule has 0 aliphatic carbocycles. The van der Waals surface area contributed by atoms with Gasteiger partial charge in [0, 0.05) is 44.5 Å². The first-order valence-electron chi connectivity index (χ1n) is 8.71. The highest BCUT2D eigenvalue weighted by molar-refractivity contribution is 14.0. The van der Waals surface area contributed by atoms with E-state index in [2.05, 4.69) is 39.2 Å². The second-order valence-corrected chi connectivity index (χ2v) is 6.07. The first-order valence-corrected chi connectivity index (χ1v) is 8.71. The zero-order chi connectivity index (χ0) is 18.4. The minimum Gasteiger partial charge on any atom is -0.496 e. The predicted molar refractivity (Wildman–Crippen MR) is 120 cm³/mol. The van der Waals surface area contributed by atoms with Crippen LogP contribution in [0, 0.1) is 6.92 Å². The number of nitrogens with zero attached hydrogens (tertiary/aromatic N) is 3. The number of guanidine groups is 1. The number of aryl methyl sites for hydroxylation is 1. The van der Waals surface area contributed by atoms with Crippen LogP contribution in [0.2, 0.25) is 0 Å². The maximum atomic E-state index is 5.38. The van der Waals surface area contributed by atoms with Gasteiger partial charge in [0.25, 0.3) is 0 Å². The summed E-state index contributed by atoms with van der Waals surface area (Å²) in [5.41, 5.74) is 4.35. The molecule has 0 aliphatic rings. The quantitative estimate of drug-likeness (QED) is 0.324. The van der Waals surface area contributed by atoms with Crippen molar-refractivity contribution >= 4 is 35.6 Å². The summed E-state index contributed by atoms with van der Waals surface area (Å²) in [5, 5.41) is 6.65. The fraction of sp³-hybridized carbons (Fsp3) is 0.300. The van der Waals surface area contributed by atoms with E-state index in [1.54, 1.807) is 14.2 Å². The number of fused-ring (bicyclic) bond motifs is 1. The highest BCUT2D eigenvalue weighted by atomic mass is 127. The number of hydrogen-bond donors (Lipinski definition) is 2. The molecule has 144 valence electrons. The average molecular weight is 479 g/mol. The van der Waals surface area contributed by atoms with Gasteiger partial charge in [-0.15, -0.1) is 24.0 Å². The number of imidazole rings is 1. The van der Waals surface area contributed by atoms with Gasteiger partial charge in [-0.2, -0.15) is 0 Å². The molecule has 6 nitrogen and oxygen atoms in total. The number of halogens is 1. The molecule has 0 aliphatic heterocycles. The number of hydrogen-bond acceptors (Lipinski definition) is 3. The molecule has 0 spiro atoms. The number of pyridine rings is 1. The monoisotopic (exact) mass is 479 g/mol. The molecule has 0 saturated carbocycles. The van der Waals surface area contributed by atoms with Crippen LogP contribution in [0.15, 0.2) is 53.8 Å². The van der Waals surface area contributed by atoms with E-state index in [1.807, 2.05) is 36.5 Å². The van der Waals surface area contributed by atoms with Gasteiger partial charge in [-0.25, -0.2) is 4.98 Å². The number of rotatable bonds is 6. The molecule has 0 radical (unpaired) electrons. The molecule has 0 bridgehead atoms. The molecule has 0 saturated heterocycles. The topological polar surface area (TPSA) is 63.0 Å². The van der Waals surface area contributed by atoms with Crippen LogP contribution in [0.5, 0.6) is 5.75 Å². The van der Waals surface area contributed by atoms with Gasteiger partial charge in [-0.05, 0) is 24.6 Å². The Morgan fingerprint density at radius 1 is 1.19 bits per heavy atom. The Kier molecular flexibility index (Phi) is 7.90. The molecule has 7 heteroatoms. The maximum Gasteiger partial charge on any atom is 0.191 e. The zero-order valence-electron chi connectivity index (χ0n) is 15.9. The molecular formula is C20H26IN5O. The first kappa shape index (κ1) is 21.0. The van der Waals surface area contributed by atoms with Gasteiger partial charge < -0.3 is 19.8 Å². The zero-order valence-corrected chi connectivity index (χ0v) is 18.2. The van der Waals surface area contributed by atoms with Gasteiger partial charge in [-0.3, -0.25) is 4.99 Å². The van der Waals surface area contributed by atoms with Crippen LogP contribution in [-0.2, 0) is 13.0 Å². The summed E-state index contributed by atoms with van der Waals surface area (Å²) in [4.78, 5) is 8.97. The molecule has 3 rings (SSSR count). The van der Waals surface area contributed by atoms with Crippen LogP contribution >= 0.6 is 24.0 Å². The normalized spacial score (nSPS) is 11.1. The molecule has 3 aromatic rings. The summed E-state index contributed by atoms with van der Waals surface area (Å²) in [6.45, 7) is 3.49. The lowest BCUT2D eigenvalue weighted by atomic mass is 10.2. The Labute approximate surface area is 177 Å². The third-order valence-electron chi connectivity index (χ3n) is 4.26. The number of para-hydroxylation sites is 1. The van der Waals surface area contributed by atoms with Crippen molar-refractivity contribution in [2.75, 3.05) is 20.7 Å². The summed E-state index contributed by atoms with van der Waals surface area (Å²) >= 11 is 0. The molecule has 0 fully saturated rings. The Hall–Kier alpha value is -2.29. The fourth-order valence-corrected chi connectivity index (χ4v) is 2.88. The molecule has 2 aromatic heterocycles. The summed E-state index contributed by atoms with van der Waals surface area (Å²) in [6.07, 6.45) is 4.94. The van der Waals surface area contributed by atoms with E-state index in [0.717, 1.165) is 41.6 Å². The smallest absolute Gasteiger partial charge is 0.191 e. The van der Waals surface area contributed by atoms with Crippen molar-refractivity contribution in [3.63, 3.8) is 0 Å². The number of benzene rings is 1. The molecule has 1 aromatic carbocycles. The highest BCUT2D eigenvalue weighted by Gasteiger charge is 2.05. The van der Waals surface area contributed by atoms with Crippen LogP contribution in [0.4, 0.5) is 0 Å². The number of aliphatic imine (C=N–C) groups is 1. The maximum absolute atomic E-state index is 5.38. The summed E-state index contributed by atoms with van der Waals surface area (Å²) in [6, 6.07) is 12.1. The third-order valence-corrected chi connectivity index (χ3v) is 4.26. The van der Waals surface area contributed by atoms with E-state index in [0.29, 0.717) is 6.54 Å². The van der Waals surface area contributed by atoms with Crippen molar-refractivity contribution < 1.29 is 4.74 Å². The van der Waals surface area contributed by atoms with Gasteiger partial charge in [0.2, 0.25) is 0 Å². The molecule has 0 amide bonds.